The minimum atomic E-state index is -1.55. The number of methoxy groups -OCH3 is 2. The molecule has 0 unspecified atom stereocenters. The second-order valence-electron chi connectivity index (χ2n) is 10.6. The highest BCUT2D eigenvalue weighted by Crippen LogP contribution is 2.61. The van der Waals surface area contributed by atoms with Crippen LogP contribution in [0.1, 0.15) is 48.1 Å². The zero-order valence-corrected chi connectivity index (χ0v) is 22.6. The van der Waals surface area contributed by atoms with Crippen molar-refractivity contribution in [1.82, 2.24) is 0 Å². The molecule has 0 bridgehead atoms. The molecule has 1 fully saturated rings. The number of anilines is 1. The molecule has 4 aromatic rings. The molecule has 7 rings (SSSR count). The Morgan fingerprint density at radius 3 is 2.10 bits per heavy atom. The van der Waals surface area contributed by atoms with Crippen LogP contribution in [0.5, 0.6) is 11.5 Å². The minimum Gasteiger partial charge on any atom is -0.497 e. The standard InChI is InChI=1S/C35H27NO5/c1-40-24-17-14-22(15-18-24)32(37)31-30(23-9-7-10-25(20-23)41-2)35(33(38)26-11-4-5-12-27(26)34(35)39)29-19-16-21-8-3-6-13-28(21)36(29)31/h3-20,29-31H,1-2H3/t29-,30+,31-/m0/s1. The van der Waals surface area contributed by atoms with Gasteiger partial charge >= 0.3 is 0 Å². The van der Waals surface area contributed by atoms with Gasteiger partial charge < -0.3 is 14.4 Å². The number of Topliss-reactive ketones (excluding diaryl/α,β-unsaturated/α-hetero) is 3. The highest BCUT2D eigenvalue weighted by Gasteiger charge is 2.71. The molecule has 6 nitrogen and oxygen atoms in total. The van der Waals surface area contributed by atoms with Crippen LogP contribution < -0.4 is 14.4 Å². The van der Waals surface area contributed by atoms with Crippen LogP contribution in [0, 0.1) is 5.41 Å². The van der Waals surface area contributed by atoms with Gasteiger partial charge in [-0.3, -0.25) is 14.4 Å². The van der Waals surface area contributed by atoms with Crippen LogP contribution in [0.3, 0.4) is 0 Å². The van der Waals surface area contributed by atoms with Gasteiger partial charge in [-0.05, 0) is 53.6 Å². The molecule has 0 radical (unpaired) electrons. The summed E-state index contributed by atoms with van der Waals surface area (Å²) < 4.78 is 10.9. The van der Waals surface area contributed by atoms with Crippen molar-refractivity contribution in [2.75, 3.05) is 19.1 Å². The van der Waals surface area contributed by atoms with E-state index < -0.39 is 23.4 Å². The molecule has 0 aromatic heterocycles. The average Bonchev–Trinajstić information content (AvgIpc) is 3.47. The minimum absolute atomic E-state index is 0.177. The zero-order chi connectivity index (χ0) is 28.3. The van der Waals surface area contributed by atoms with Gasteiger partial charge in [0.1, 0.15) is 23.0 Å². The highest BCUT2D eigenvalue weighted by molar-refractivity contribution is 6.32. The summed E-state index contributed by atoms with van der Waals surface area (Å²) in [5.41, 5.74) is 2.16. The van der Waals surface area contributed by atoms with Crippen molar-refractivity contribution in [2.24, 2.45) is 5.41 Å². The molecule has 2 heterocycles. The van der Waals surface area contributed by atoms with Crippen molar-refractivity contribution in [3.05, 3.63) is 131 Å². The van der Waals surface area contributed by atoms with Crippen LogP contribution in [0.25, 0.3) is 6.08 Å². The molecule has 1 saturated heterocycles. The third kappa shape index (κ3) is 3.40. The first-order chi connectivity index (χ1) is 20.0. The van der Waals surface area contributed by atoms with Crippen LogP contribution in [0.2, 0.25) is 0 Å². The molecule has 0 N–H and O–H groups in total. The molecule has 202 valence electrons. The quantitative estimate of drug-likeness (QED) is 0.227. The van der Waals surface area contributed by atoms with Gasteiger partial charge in [-0.15, -0.1) is 0 Å². The van der Waals surface area contributed by atoms with Crippen molar-refractivity contribution >= 4 is 29.1 Å². The third-order valence-corrected chi connectivity index (χ3v) is 8.81. The van der Waals surface area contributed by atoms with E-state index >= 15 is 0 Å². The number of rotatable bonds is 5. The summed E-state index contributed by atoms with van der Waals surface area (Å²) in [7, 11) is 3.15. The Kier molecular flexibility index (Phi) is 5.68. The van der Waals surface area contributed by atoms with Gasteiger partial charge in [-0.25, -0.2) is 0 Å². The van der Waals surface area contributed by atoms with Gasteiger partial charge in [0.05, 0.1) is 20.3 Å². The SMILES string of the molecule is COc1ccc(C(=O)[C@@H]2[C@@H](c3cccc(OC)c3)C3(C(=O)c4ccccc4C3=O)[C@@H]3C=Cc4ccccc4N23)cc1. The van der Waals surface area contributed by atoms with E-state index in [1.807, 2.05) is 65.6 Å². The zero-order valence-electron chi connectivity index (χ0n) is 22.6. The lowest BCUT2D eigenvalue weighted by atomic mass is 9.64. The topological polar surface area (TPSA) is 72.9 Å². The molecule has 3 atom stereocenters. The first-order valence-corrected chi connectivity index (χ1v) is 13.6. The highest BCUT2D eigenvalue weighted by atomic mass is 16.5. The van der Waals surface area contributed by atoms with Crippen LogP contribution >= 0.6 is 0 Å². The van der Waals surface area contributed by atoms with E-state index in [0.29, 0.717) is 33.8 Å². The van der Waals surface area contributed by atoms with Gasteiger partial charge in [0.2, 0.25) is 0 Å². The Labute approximate surface area is 237 Å². The maximum Gasteiger partial charge on any atom is 0.185 e. The van der Waals surface area contributed by atoms with Crippen molar-refractivity contribution in [2.45, 2.75) is 18.0 Å². The summed E-state index contributed by atoms with van der Waals surface area (Å²) in [5.74, 6) is -0.256. The Bertz CT molecular complexity index is 1720. The van der Waals surface area contributed by atoms with E-state index in [0.717, 1.165) is 11.3 Å². The maximum absolute atomic E-state index is 14.7. The fourth-order valence-corrected chi connectivity index (χ4v) is 7.05. The van der Waals surface area contributed by atoms with Crippen molar-refractivity contribution < 1.29 is 23.9 Å². The Hall–Kier alpha value is -4.97. The maximum atomic E-state index is 14.7. The van der Waals surface area contributed by atoms with Crippen molar-refractivity contribution in [3.63, 3.8) is 0 Å². The molecule has 0 saturated carbocycles. The molecule has 2 aliphatic heterocycles. The van der Waals surface area contributed by atoms with Crippen molar-refractivity contribution in [1.29, 1.82) is 0 Å². The lowest BCUT2D eigenvalue weighted by Gasteiger charge is -2.37. The van der Waals surface area contributed by atoms with Crippen LogP contribution in [0.4, 0.5) is 5.69 Å². The van der Waals surface area contributed by atoms with Gasteiger partial charge in [-0.1, -0.05) is 66.7 Å². The first kappa shape index (κ1) is 25.0. The predicted molar refractivity (Wildman–Crippen MR) is 156 cm³/mol. The molecule has 1 spiro atoms. The Morgan fingerprint density at radius 1 is 0.756 bits per heavy atom. The summed E-state index contributed by atoms with van der Waals surface area (Å²) in [4.78, 5) is 46.1. The van der Waals surface area contributed by atoms with E-state index in [1.165, 1.54) is 0 Å². The molecular formula is C35H27NO5. The fraction of sp³-hybridized carbons (Fsp3) is 0.171. The number of fused-ring (bicyclic) bond motifs is 5. The number of ketones is 3. The largest absolute Gasteiger partial charge is 0.497 e. The van der Waals surface area contributed by atoms with Crippen LogP contribution in [-0.4, -0.2) is 43.7 Å². The number of ether oxygens (including phenoxy) is 2. The summed E-state index contributed by atoms with van der Waals surface area (Å²) in [6.45, 7) is 0. The van der Waals surface area contributed by atoms with E-state index in [1.54, 1.807) is 62.8 Å². The Morgan fingerprint density at radius 2 is 1.41 bits per heavy atom. The normalized spacial score (nSPS) is 21.4. The van der Waals surface area contributed by atoms with Gasteiger partial charge in [-0.2, -0.15) is 0 Å². The number of para-hydroxylation sites is 1. The van der Waals surface area contributed by atoms with Crippen molar-refractivity contribution in [3.8, 4) is 11.5 Å². The molecule has 4 aromatic carbocycles. The van der Waals surface area contributed by atoms with Gasteiger partial charge in [0.15, 0.2) is 17.3 Å². The number of nitrogens with zero attached hydrogens (tertiary/aromatic N) is 1. The molecular weight excluding hydrogens is 514 g/mol. The van der Waals surface area contributed by atoms with E-state index in [-0.39, 0.29) is 17.3 Å². The van der Waals surface area contributed by atoms with E-state index in [4.69, 9.17) is 9.47 Å². The van der Waals surface area contributed by atoms with Gasteiger partial charge in [0, 0.05) is 28.3 Å². The number of carbonyl (C=O) groups is 3. The molecule has 3 aliphatic rings. The number of benzene rings is 4. The van der Waals surface area contributed by atoms with Gasteiger partial charge in [0.25, 0.3) is 0 Å². The molecule has 0 amide bonds. The lowest BCUT2D eigenvalue weighted by Crippen LogP contribution is -2.48. The smallest absolute Gasteiger partial charge is 0.185 e. The fourth-order valence-electron chi connectivity index (χ4n) is 7.05. The first-order valence-electron chi connectivity index (χ1n) is 13.6. The van der Waals surface area contributed by atoms with Crippen LogP contribution in [-0.2, 0) is 0 Å². The molecule has 6 heteroatoms. The van der Waals surface area contributed by atoms with Crippen LogP contribution in [0.15, 0.2) is 103 Å². The van der Waals surface area contributed by atoms with E-state index in [9.17, 15) is 14.4 Å². The molecule has 1 aliphatic carbocycles. The summed E-state index contributed by atoms with van der Waals surface area (Å²) >= 11 is 0. The number of hydrogen-bond acceptors (Lipinski definition) is 6. The Balaban J connectivity index is 1.53. The average molecular weight is 542 g/mol. The monoisotopic (exact) mass is 541 g/mol. The summed E-state index contributed by atoms with van der Waals surface area (Å²) in [6.07, 6.45) is 3.89. The lowest BCUT2D eigenvalue weighted by molar-refractivity contribution is 0.0665. The second kappa shape index (κ2) is 9.30. The predicted octanol–water partition coefficient (Wildman–Crippen LogP) is 6.02. The number of hydrogen-bond donors (Lipinski definition) is 0. The van der Waals surface area contributed by atoms with E-state index in [2.05, 4.69) is 0 Å². The molecule has 41 heavy (non-hydrogen) atoms. The summed E-state index contributed by atoms with van der Waals surface area (Å²) in [6, 6.07) is 27.6. The third-order valence-electron chi connectivity index (χ3n) is 8.81. The second-order valence-corrected chi connectivity index (χ2v) is 10.6. The summed E-state index contributed by atoms with van der Waals surface area (Å²) in [5, 5.41) is 0. The number of carbonyl (C=O) groups excluding carboxylic acids is 3.